The average molecular weight is 283 g/mol. The maximum atomic E-state index is 10.9. The van der Waals surface area contributed by atoms with Crippen LogP contribution < -0.4 is 0 Å². The lowest BCUT2D eigenvalue weighted by molar-refractivity contribution is -0.387. The first-order valence-electron chi connectivity index (χ1n) is 4.98. The van der Waals surface area contributed by atoms with E-state index in [1.807, 2.05) is 0 Å². The molecule has 0 aromatic carbocycles. The lowest BCUT2D eigenvalue weighted by Gasteiger charge is -1.97. The van der Waals surface area contributed by atoms with Crippen molar-refractivity contribution < 1.29 is 10.0 Å². The van der Waals surface area contributed by atoms with Crippen LogP contribution in [0.2, 0.25) is 0 Å². The van der Waals surface area contributed by atoms with Gasteiger partial charge in [0.25, 0.3) is 5.69 Å². The molecule has 1 atom stereocenters. The van der Waals surface area contributed by atoms with E-state index in [9.17, 15) is 15.2 Å². The number of rotatable bonds is 4. The van der Waals surface area contributed by atoms with Gasteiger partial charge in [0.15, 0.2) is 0 Å². The minimum absolute atomic E-state index is 0.000452. The zero-order valence-corrected chi connectivity index (χ0v) is 10.9. The molecule has 2 aromatic rings. The molecule has 0 fully saturated rings. The third-order valence-electron chi connectivity index (χ3n) is 2.06. The lowest BCUT2D eigenvalue weighted by Crippen LogP contribution is -1.88. The second-order valence-electron chi connectivity index (χ2n) is 3.40. The van der Waals surface area contributed by atoms with E-state index in [1.54, 1.807) is 19.2 Å². The molecule has 0 saturated carbocycles. The average Bonchev–Trinajstić information content (AvgIpc) is 2.74. The van der Waals surface area contributed by atoms with Gasteiger partial charge in [-0.15, -0.1) is 11.3 Å². The molecule has 0 aliphatic carbocycles. The molecule has 8 heteroatoms. The molecule has 0 radical (unpaired) electrons. The van der Waals surface area contributed by atoms with Crippen molar-refractivity contribution >= 4 is 28.8 Å². The maximum absolute atomic E-state index is 10.9. The van der Waals surface area contributed by atoms with E-state index in [4.69, 9.17) is 0 Å². The molecule has 1 N–H and O–H groups in total. The van der Waals surface area contributed by atoms with Crippen molar-refractivity contribution in [3.8, 4) is 0 Å². The van der Waals surface area contributed by atoms with Crippen LogP contribution in [0.3, 0.4) is 0 Å². The standard InChI is InChI=1S/C10H9N3O3S2/c1-6(14)8-4-7(13(15)16)10(17-8)18-9-2-3-11-5-12-9/h2-6,14H,1H3/t6-/m0/s1. The summed E-state index contributed by atoms with van der Waals surface area (Å²) < 4.78 is 0.509. The molecule has 0 amide bonds. The van der Waals surface area contributed by atoms with Crippen LogP contribution in [-0.4, -0.2) is 20.0 Å². The molecule has 2 heterocycles. The molecule has 0 aliphatic rings. The van der Waals surface area contributed by atoms with Gasteiger partial charge in [0.05, 0.1) is 11.0 Å². The van der Waals surface area contributed by atoms with Gasteiger partial charge in [-0.25, -0.2) is 9.97 Å². The van der Waals surface area contributed by atoms with E-state index >= 15 is 0 Å². The summed E-state index contributed by atoms with van der Waals surface area (Å²) in [6, 6.07) is 3.08. The van der Waals surface area contributed by atoms with Crippen LogP contribution in [0.5, 0.6) is 0 Å². The van der Waals surface area contributed by atoms with Gasteiger partial charge >= 0.3 is 0 Å². The van der Waals surface area contributed by atoms with Crippen LogP contribution in [0.15, 0.2) is 33.9 Å². The molecule has 0 spiro atoms. The Kier molecular flexibility index (Phi) is 3.90. The molecule has 0 saturated heterocycles. The quantitative estimate of drug-likeness (QED) is 0.527. The Hall–Kier alpha value is -1.51. The van der Waals surface area contributed by atoms with Crippen molar-refractivity contribution in [2.75, 3.05) is 0 Å². The zero-order valence-electron chi connectivity index (χ0n) is 9.31. The van der Waals surface area contributed by atoms with Gasteiger partial charge in [-0.05, 0) is 13.0 Å². The highest BCUT2D eigenvalue weighted by atomic mass is 32.2. The van der Waals surface area contributed by atoms with Gasteiger partial charge in [0.2, 0.25) is 0 Å². The van der Waals surface area contributed by atoms with Gasteiger partial charge in [0.1, 0.15) is 15.6 Å². The lowest BCUT2D eigenvalue weighted by atomic mass is 10.3. The summed E-state index contributed by atoms with van der Waals surface area (Å²) in [4.78, 5) is 18.8. The smallest absolute Gasteiger partial charge is 0.294 e. The number of hydrogen-bond donors (Lipinski definition) is 1. The van der Waals surface area contributed by atoms with Crippen LogP contribution in [0.25, 0.3) is 0 Å². The van der Waals surface area contributed by atoms with Gasteiger partial charge in [-0.3, -0.25) is 10.1 Å². The van der Waals surface area contributed by atoms with Gasteiger partial charge in [-0.2, -0.15) is 0 Å². The number of hydrogen-bond acceptors (Lipinski definition) is 7. The fourth-order valence-corrected chi connectivity index (χ4v) is 3.38. The van der Waals surface area contributed by atoms with Crippen LogP contribution in [0.1, 0.15) is 17.9 Å². The van der Waals surface area contributed by atoms with E-state index in [0.29, 0.717) is 14.1 Å². The Balaban J connectivity index is 2.34. The number of aliphatic hydroxyl groups excluding tert-OH is 1. The molecule has 2 rings (SSSR count). The van der Waals surface area contributed by atoms with Crippen LogP contribution in [0, 0.1) is 10.1 Å². The molecule has 0 unspecified atom stereocenters. The number of nitrogens with zero attached hydrogens (tertiary/aromatic N) is 3. The van der Waals surface area contributed by atoms with Crippen molar-refractivity contribution in [1.82, 2.24) is 9.97 Å². The number of nitro groups is 1. The Morgan fingerprint density at radius 3 is 2.94 bits per heavy atom. The van der Waals surface area contributed by atoms with Crippen molar-refractivity contribution in [1.29, 1.82) is 0 Å². The van der Waals surface area contributed by atoms with E-state index in [1.165, 1.54) is 35.5 Å². The fraction of sp³-hybridized carbons (Fsp3) is 0.200. The van der Waals surface area contributed by atoms with E-state index < -0.39 is 11.0 Å². The molecular weight excluding hydrogens is 274 g/mol. The van der Waals surface area contributed by atoms with Crippen LogP contribution in [0.4, 0.5) is 5.69 Å². The van der Waals surface area contributed by atoms with Crippen molar-refractivity contribution in [3.63, 3.8) is 0 Å². The fourth-order valence-electron chi connectivity index (χ4n) is 1.22. The van der Waals surface area contributed by atoms with Crippen molar-refractivity contribution in [3.05, 3.63) is 39.6 Å². The summed E-state index contributed by atoms with van der Waals surface area (Å²) in [5.41, 5.74) is -0.000452. The Morgan fingerprint density at radius 1 is 1.61 bits per heavy atom. The van der Waals surface area contributed by atoms with E-state index in [0.717, 1.165) is 0 Å². The number of aliphatic hydroxyl groups is 1. The Labute approximate surface area is 111 Å². The van der Waals surface area contributed by atoms with Crippen LogP contribution in [-0.2, 0) is 0 Å². The molecule has 18 heavy (non-hydrogen) atoms. The molecule has 0 bridgehead atoms. The normalized spacial score (nSPS) is 12.3. The number of thiophene rings is 1. The monoisotopic (exact) mass is 283 g/mol. The van der Waals surface area contributed by atoms with Gasteiger partial charge in [-0.1, -0.05) is 11.8 Å². The van der Waals surface area contributed by atoms with Gasteiger partial charge < -0.3 is 5.11 Å². The highest BCUT2D eigenvalue weighted by molar-refractivity contribution is 8.01. The first-order valence-corrected chi connectivity index (χ1v) is 6.61. The minimum Gasteiger partial charge on any atom is -0.388 e. The minimum atomic E-state index is -0.714. The summed E-state index contributed by atoms with van der Waals surface area (Å²) in [6.45, 7) is 1.58. The zero-order chi connectivity index (χ0) is 13.1. The Morgan fingerprint density at radius 2 is 2.39 bits per heavy atom. The molecule has 94 valence electrons. The molecular formula is C10H9N3O3S2. The maximum Gasteiger partial charge on any atom is 0.294 e. The molecule has 6 nitrogen and oxygen atoms in total. The second-order valence-corrected chi connectivity index (χ2v) is 5.78. The SMILES string of the molecule is C[C@H](O)c1cc([N+](=O)[O-])c(Sc2ccncn2)s1. The molecule has 2 aromatic heterocycles. The predicted molar refractivity (Wildman–Crippen MR) is 67.8 cm³/mol. The first kappa shape index (κ1) is 12.9. The summed E-state index contributed by atoms with van der Waals surface area (Å²) in [7, 11) is 0. The first-order chi connectivity index (χ1) is 8.58. The molecule has 0 aliphatic heterocycles. The van der Waals surface area contributed by atoms with Crippen molar-refractivity contribution in [2.24, 2.45) is 0 Å². The van der Waals surface area contributed by atoms with E-state index in [2.05, 4.69) is 9.97 Å². The Bertz CT molecular complexity index is 557. The van der Waals surface area contributed by atoms with Crippen molar-refractivity contribution in [2.45, 2.75) is 22.3 Å². The van der Waals surface area contributed by atoms with Gasteiger partial charge in [0, 0.05) is 17.1 Å². The summed E-state index contributed by atoms with van der Waals surface area (Å²) in [5, 5.41) is 21.0. The number of aromatic nitrogens is 2. The topological polar surface area (TPSA) is 89.2 Å². The largest absolute Gasteiger partial charge is 0.388 e. The van der Waals surface area contributed by atoms with E-state index in [-0.39, 0.29) is 5.69 Å². The second kappa shape index (κ2) is 5.42. The third-order valence-corrected chi connectivity index (χ3v) is 4.49. The highest BCUT2D eigenvalue weighted by Crippen LogP contribution is 2.42. The highest BCUT2D eigenvalue weighted by Gasteiger charge is 2.22. The summed E-state index contributed by atoms with van der Waals surface area (Å²) >= 11 is 2.40. The third kappa shape index (κ3) is 2.84. The van der Waals surface area contributed by atoms with Crippen LogP contribution >= 0.6 is 23.1 Å². The predicted octanol–water partition coefficient (Wildman–Crippen LogP) is 2.65. The summed E-state index contributed by atoms with van der Waals surface area (Å²) in [5.74, 6) is 0. The summed E-state index contributed by atoms with van der Waals surface area (Å²) in [6.07, 6.45) is 2.25.